The van der Waals surface area contributed by atoms with Gasteiger partial charge in [-0.25, -0.2) is 4.79 Å². The number of hydrogen-bond donors (Lipinski definition) is 3. The van der Waals surface area contributed by atoms with Crippen molar-refractivity contribution >= 4 is 16.4 Å². The standard InChI is InChI=1S/C8H15NO2.H2O4S/c1-6(2)7(3)8(10)11-5-4-9;1-5(2,3)4/h4-5,9H2,1-3H3;(H2,1,2,3,4). The fourth-order valence-corrected chi connectivity index (χ4v) is 0.464. The van der Waals surface area contributed by atoms with Crippen LogP contribution in [-0.4, -0.2) is 36.6 Å². The Hall–Kier alpha value is -0.960. The summed E-state index contributed by atoms with van der Waals surface area (Å²) < 4.78 is 36.4. The van der Waals surface area contributed by atoms with Crippen molar-refractivity contribution < 1.29 is 27.1 Å². The number of hydrogen-bond acceptors (Lipinski definition) is 5. The minimum Gasteiger partial charge on any atom is -0.461 e. The minimum atomic E-state index is -4.67. The van der Waals surface area contributed by atoms with Crippen LogP contribution in [0, 0.1) is 0 Å². The van der Waals surface area contributed by atoms with E-state index in [0.717, 1.165) is 5.57 Å². The molecule has 0 rings (SSSR count). The highest BCUT2D eigenvalue weighted by atomic mass is 32.3. The first-order chi connectivity index (χ1) is 7.09. The Kier molecular flexibility index (Phi) is 8.96. The fourth-order valence-electron chi connectivity index (χ4n) is 0.464. The third kappa shape index (κ3) is 15.5. The maximum Gasteiger partial charge on any atom is 0.394 e. The molecule has 0 aromatic carbocycles. The summed E-state index contributed by atoms with van der Waals surface area (Å²) in [7, 11) is -4.67. The molecule has 0 fully saturated rings. The Morgan fingerprint density at radius 2 is 1.62 bits per heavy atom. The normalized spacial score (nSPS) is 9.88. The summed E-state index contributed by atoms with van der Waals surface area (Å²) in [6.45, 7) is 6.16. The Morgan fingerprint density at radius 3 is 1.88 bits per heavy atom. The molecule has 8 heteroatoms. The second-order valence-corrected chi connectivity index (χ2v) is 3.89. The van der Waals surface area contributed by atoms with Gasteiger partial charge in [-0.3, -0.25) is 9.11 Å². The molecule has 0 aliphatic heterocycles. The van der Waals surface area contributed by atoms with Crippen LogP contribution in [0.3, 0.4) is 0 Å². The molecule has 0 saturated heterocycles. The van der Waals surface area contributed by atoms with E-state index in [1.807, 2.05) is 13.8 Å². The molecule has 0 bridgehead atoms. The lowest BCUT2D eigenvalue weighted by molar-refractivity contribution is -0.138. The van der Waals surface area contributed by atoms with Crippen LogP contribution in [0.1, 0.15) is 20.8 Å². The lowest BCUT2D eigenvalue weighted by Gasteiger charge is -2.03. The van der Waals surface area contributed by atoms with Crippen LogP contribution in [0.25, 0.3) is 0 Å². The number of allylic oxidation sites excluding steroid dienone is 1. The van der Waals surface area contributed by atoms with E-state index in [0.29, 0.717) is 18.7 Å². The zero-order valence-electron chi connectivity index (χ0n) is 9.43. The number of rotatable bonds is 3. The molecular formula is C8H17NO6S. The Labute approximate surface area is 94.9 Å². The predicted molar refractivity (Wildman–Crippen MR) is 58.2 cm³/mol. The van der Waals surface area contributed by atoms with E-state index in [4.69, 9.17) is 28.0 Å². The molecule has 0 aliphatic carbocycles. The topological polar surface area (TPSA) is 127 Å². The van der Waals surface area contributed by atoms with E-state index in [-0.39, 0.29) is 5.97 Å². The van der Waals surface area contributed by atoms with E-state index >= 15 is 0 Å². The van der Waals surface area contributed by atoms with Gasteiger partial charge >= 0.3 is 16.4 Å². The molecule has 7 nitrogen and oxygen atoms in total. The molecule has 96 valence electrons. The maximum atomic E-state index is 11.0. The summed E-state index contributed by atoms with van der Waals surface area (Å²) in [5, 5.41) is 0. The smallest absolute Gasteiger partial charge is 0.394 e. The van der Waals surface area contributed by atoms with Crippen LogP contribution in [0.2, 0.25) is 0 Å². The van der Waals surface area contributed by atoms with Gasteiger partial charge in [0.1, 0.15) is 6.61 Å². The van der Waals surface area contributed by atoms with Crippen molar-refractivity contribution in [2.24, 2.45) is 5.73 Å². The van der Waals surface area contributed by atoms with Gasteiger partial charge in [-0.05, 0) is 20.8 Å². The van der Waals surface area contributed by atoms with E-state index in [1.54, 1.807) is 6.92 Å². The molecule has 0 heterocycles. The van der Waals surface area contributed by atoms with Crippen molar-refractivity contribution in [2.45, 2.75) is 20.8 Å². The molecule has 0 aromatic heterocycles. The van der Waals surface area contributed by atoms with Crippen molar-refractivity contribution in [3.63, 3.8) is 0 Å². The molecule has 0 radical (unpaired) electrons. The summed E-state index contributed by atoms with van der Waals surface area (Å²) in [6.07, 6.45) is 0. The van der Waals surface area contributed by atoms with Crippen molar-refractivity contribution in [1.82, 2.24) is 0 Å². The van der Waals surface area contributed by atoms with Gasteiger partial charge in [0.15, 0.2) is 0 Å². The molecule has 0 saturated carbocycles. The SMILES string of the molecule is CC(C)=C(C)C(=O)OCCN.O=S(=O)(O)O. The molecule has 0 amide bonds. The highest BCUT2D eigenvalue weighted by molar-refractivity contribution is 7.79. The van der Waals surface area contributed by atoms with E-state index in [2.05, 4.69) is 0 Å². The van der Waals surface area contributed by atoms with E-state index in [1.165, 1.54) is 0 Å². The van der Waals surface area contributed by atoms with Crippen molar-refractivity contribution in [3.8, 4) is 0 Å². The number of carbonyl (C=O) groups is 1. The van der Waals surface area contributed by atoms with Crippen LogP contribution in [0.5, 0.6) is 0 Å². The summed E-state index contributed by atoms with van der Waals surface area (Å²) in [5.41, 5.74) is 6.80. The van der Waals surface area contributed by atoms with Crippen LogP contribution in [-0.2, 0) is 19.9 Å². The number of ether oxygens (including phenoxy) is 1. The van der Waals surface area contributed by atoms with Crippen LogP contribution < -0.4 is 5.73 Å². The Bertz CT molecular complexity index is 334. The third-order valence-electron chi connectivity index (χ3n) is 1.41. The van der Waals surface area contributed by atoms with Crippen LogP contribution in [0.15, 0.2) is 11.1 Å². The lowest BCUT2D eigenvalue weighted by Crippen LogP contribution is -2.14. The van der Waals surface area contributed by atoms with Gasteiger partial charge in [-0.1, -0.05) is 5.57 Å². The summed E-state index contributed by atoms with van der Waals surface area (Å²) in [6, 6.07) is 0. The van der Waals surface area contributed by atoms with Crippen molar-refractivity contribution in [1.29, 1.82) is 0 Å². The summed E-state index contributed by atoms with van der Waals surface area (Å²) >= 11 is 0. The summed E-state index contributed by atoms with van der Waals surface area (Å²) in [4.78, 5) is 11.0. The molecule has 0 atom stereocenters. The van der Waals surface area contributed by atoms with E-state index < -0.39 is 10.4 Å². The first-order valence-corrected chi connectivity index (χ1v) is 5.70. The van der Waals surface area contributed by atoms with Crippen LogP contribution in [0.4, 0.5) is 0 Å². The predicted octanol–water partition coefficient (Wildman–Crippen LogP) is 0.192. The average molecular weight is 255 g/mol. The van der Waals surface area contributed by atoms with Gasteiger partial charge in [0.2, 0.25) is 0 Å². The van der Waals surface area contributed by atoms with Gasteiger partial charge in [0.25, 0.3) is 0 Å². The molecule has 0 unspecified atom stereocenters. The minimum absolute atomic E-state index is 0.268. The first kappa shape index (κ1) is 17.4. The molecule has 4 N–H and O–H groups in total. The average Bonchev–Trinajstić information content (AvgIpc) is 2.10. The zero-order chi connectivity index (χ0) is 13.4. The zero-order valence-corrected chi connectivity index (χ0v) is 10.2. The Morgan fingerprint density at radius 1 is 1.25 bits per heavy atom. The number of esters is 1. The van der Waals surface area contributed by atoms with Gasteiger partial charge in [-0.15, -0.1) is 0 Å². The highest BCUT2D eigenvalue weighted by Gasteiger charge is 2.05. The van der Waals surface area contributed by atoms with Crippen molar-refractivity contribution in [2.75, 3.05) is 13.2 Å². The third-order valence-corrected chi connectivity index (χ3v) is 1.41. The number of nitrogens with two attached hydrogens (primary N) is 1. The molecular weight excluding hydrogens is 238 g/mol. The second kappa shape index (κ2) is 8.22. The van der Waals surface area contributed by atoms with E-state index in [9.17, 15) is 4.79 Å². The number of carbonyl (C=O) groups excluding carboxylic acids is 1. The molecule has 0 aliphatic rings. The quantitative estimate of drug-likeness (QED) is 0.373. The van der Waals surface area contributed by atoms with Crippen LogP contribution >= 0.6 is 0 Å². The highest BCUT2D eigenvalue weighted by Crippen LogP contribution is 2.03. The maximum absolute atomic E-state index is 11.0. The van der Waals surface area contributed by atoms with Crippen molar-refractivity contribution in [3.05, 3.63) is 11.1 Å². The van der Waals surface area contributed by atoms with Gasteiger partial charge < -0.3 is 10.5 Å². The lowest BCUT2D eigenvalue weighted by atomic mass is 10.2. The van der Waals surface area contributed by atoms with Gasteiger partial charge in [0, 0.05) is 12.1 Å². The monoisotopic (exact) mass is 255 g/mol. The second-order valence-electron chi connectivity index (χ2n) is 3.00. The van der Waals surface area contributed by atoms with Gasteiger partial charge in [-0.2, -0.15) is 8.42 Å². The molecule has 0 spiro atoms. The summed E-state index contributed by atoms with van der Waals surface area (Å²) in [5.74, 6) is -0.268. The molecule has 16 heavy (non-hydrogen) atoms. The fraction of sp³-hybridized carbons (Fsp3) is 0.625. The first-order valence-electron chi connectivity index (χ1n) is 4.30. The largest absolute Gasteiger partial charge is 0.461 e. The molecule has 0 aromatic rings. The van der Waals surface area contributed by atoms with Gasteiger partial charge in [0.05, 0.1) is 0 Å². The Balaban J connectivity index is 0.